The van der Waals surface area contributed by atoms with Crippen molar-refractivity contribution in [2.75, 3.05) is 25.0 Å². The van der Waals surface area contributed by atoms with Crippen LogP contribution in [0.25, 0.3) is 0 Å². The average molecular weight is 311 g/mol. The molecule has 1 saturated heterocycles. The largest absolute Gasteiger partial charge is 0.396 e. The van der Waals surface area contributed by atoms with Gasteiger partial charge >= 0.3 is 0 Å². The Kier molecular flexibility index (Phi) is 6.03. The molecule has 5 heteroatoms. The topological polar surface area (TPSA) is 52.6 Å². The summed E-state index contributed by atoms with van der Waals surface area (Å²) in [5.41, 5.74) is 1.77. The maximum atomic E-state index is 12.2. The van der Waals surface area contributed by atoms with Gasteiger partial charge in [0.25, 0.3) is 0 Å². The summed E-state index contributed by atoms with van der Waals surface area (Å²) in [6, 6.07) is 5.77. The number of rotatable bonds is 5. The Bertz CT molecular complexity index is 491. The van der Waals surface area contributed by atoms with Crippen LogP contribution in [0.1, 0.15) is 31.2 Å². The molecule has 0 radical (unpaired) electrons. The fraction of sp³-hybridized carbons (Fsp3) is 0.562. The van der Waals surface area contributed by atoms with Gasteiger partial charge in [0.15, 0.2) is 0 Å². The first kappa shape index (κ1) is 16.3. The third-order valence-corrected chi connectivity index (χ3v) is 4.26. The Hall–Kier alpha value is -1.10. The highest BCUT2D eigenvalue weighted by Crippen LogP contribution is 2.21. The molecule has 0 spiro atoms. The molecule has 0 aromatic heterocycles. The molecule has 1 heterocycles. The highest BCUT2D eigenvalue weighted by Gasteiger charge is 2.23. The smallest absolute Gasteiger partial charge is 0.238 e. The van der Waals surface area contributed by atoms with E-state index in [1.807, 2.05) is 19.1 Å². The molecule has 2 rings (SSSR count). The first-order valence-corrected chi connectivity index (χ1v) is 7.89. The van der Waals surface area contributed by atoms with Crippen LogP contribution < -0.4 is 5.32 Å². The maximum absolute atomic E-state index is 12.2. The lowest BCUT2D eigenvalue weighted by molar-refractivity contribution is -0.118. The number of halogens is 1. The highest BCUT2D eigenvalue weighted by molar-refractivity contribution is 6.30. The van der Waals surface area contributed by atoms with E-state index in [1.54, 1.807) is 6.07 Å². The molecule has 4 nitrogen and oxygen atoms in total. The van der Waals surface area contributed by atoms with Crippen LogP contribution in [0.3, 0.4) is 0 Å². The van der Waals surface area contributed by atoms with E-state index in [1.165, 1.54) is 6.42 Å². The van der Waals surface area contributed by atoms with Crippen LogP contribution in [0.2, 0.25) is 5.02 Å². The Morgan fingerprint density at radius 1 is 1.48 bits per heavy atom. The van der Waals surface area contributed by atoms with Crippen molar-refractivity contribution in [3.63, 3.8) is 0 Å². The number of anilines is 1. The predicted molar refractivity (Wildman–Crippen MR) is 85.7 cm³/mol. The summed E-state index contributed by atoms with van der Waals surface area (Å²) in [4.78, 5) is 14.4. The predicted octanol–water partition coefficient (Wildman–Crippen LogP) is 2.82. The van der Waals surface area contributed by atoms with Gasteiger partial charge in [0.05, 0.1) is 6.54 Å². The number of likely N-dealkylation sites (tertiary alicyclic amines) is 1. The fourth-order valence-electron chi connectivity index (χ4n) is 2.89. The molecule has 116 valence electrons. The number of aliphatic hydroxyl groups excluding tert-OH is 1. The summed E-state index contributed by atoms with van der Waals surface area (Å²) in [6.07, 6.45) is 4.11. The lowest BCUT2D eigenvalue weighted by Gasteiger charge is -2.34. The van der Waals surface area contributed by atoms with Crippen LogP contribution >= 0.6 is 11.6 Å². The van der Waals surface area contributed by atoms with Crippen molar-refractivity contribution < 1.29 is 9.90 Å². The number of nitrogens with zero attached hydrogens (tertiary/aromatic N) is 1. The molecular weight excluding hydrogens is 288 g/mol. The van der Waals surface area contributed by atoms with E-state index in [0.717, 1.165) is 37.1 Å². The molecular formula is C16H23ClN2O2. The second-order valence-electron chi connectivity index (χ2n) is 5.64. The molecule has 2 N–H and O–H groups in total. The number of amides is 1. The van der Waals surface area contributed by atoms with Gasteiger partial charge in [-0.2, -0.15) is 0 Å². The molecule has 0 bridgehead atoms. The van der Waals surface area contributed by atoms with Crippen LogP contribution in [-0.2, 0) is 4.79 Å². The van der Waals surface area contributed by atoms with E-state index in [9.17, 15) is 4.79 Å². The van der Waals surface area contributed by atoms with Crippen LogP contribution in [0.15, 0.2) is 18.2 Å². The third kappa shape index (κ3) is 4.70. The van der Waals surface area contributed by atoms with Crippen molar-refractivity contribution in [1.82, 2.24) is 4.90 Å². The van der Waals surface area contributed by atoms with Crippen molar-refractivity contribution in [3.05, 3.63) is 28.8 Å². The fourth-order valence-corrected chi connectivity index (χ4v) is 3.11. The van der Waals surface area contributed by atoms with E-state index in [0.29, 0.717) is 17.6 Å². The van der Waals surface area contributed by atoms with E-state index in [4.69, 9.17) is 16.7 Å². The number of aliphatic hydroxyl groups is 1. The van der Waals surface area contributed by atoms with Gasteiger partial charge in [-0.3, -0.25) is 9.69 Å². The molecule has 1 aromatic rings. The molecule has 21 heavy (non-hydrogen) atoms. The van der Waals surface area contributed by atoms with Gasteiger partial charge in [0, 0.05) is 23.4 Å². The van der Waals surface area contributed by atoms with E-state index in [2.05, 4.69) is 10.2 Å². The number of hydrogen-bond donors (Lipinski definition) is 2. The minimum Gasteiger partial charge on any atom is -0.396 e. The van der Waals surface area contributed by atoms with Crippen molar-refractivity contribution >= 4 is 23.2 Å². The molecule has 1 aromatic carbocycles. The van der Waals surface area contributed by atoms with Gasteiger partial charge in [-0.1, -0.05) is 18.0 Å². The van der Waals surface area contributed by atoms with Crippen LogP contribution in [0.5, 0.6) is 0 Å². The van der Waals surface area contributed by atoms with Gasteiger partial charge in [-0.15, -0.1) is 0 Å². The zero-order chi connectivity index (χ0) is 15.2. The zero-order valence-corrected chi connectivity index (χ0v) is 13.2. The minimum atomic E-state index is -0.00902. The van der Waals surface area contributed by atoms with Crippen molar-refractivity contribution in [1.29, 1.82) is 0 Å². The monoisotopic (exact) mass is 310 g/mol. The van der Waals surface area contributed by atoms with Crippen molar-refractivity contribution in [2.45, 2.75) is 38.6 Å². The van der Waals surface area contributed by atoms with E-state index < -0.39 is 0 Å². The lowest BCUT2D eigenvalue weighted by atomic mass is 9.99. The number of hydrogen-bond acceptors (Lipinski definition) is 3. The minimum absolute atomic E-state index is 0.00902. The Morgan fingerprint density at radius 3 is 3.00 bits per heavy atom. The SMILES string of the molecule is Cc1cc(Cl)ccc1NC(=O)CN1CCCCC1CCO. The molecule has 0 saturated carbocycles. The first-order chi connectivity index (χ1) is 10.1. The number of carbonyl (C=O) groups excluding carboxylic acids is 1. The summed E-state index contributed by atoms with van der Waals surface area (Å²) in [5.74, 6) is -0.00902. The molecule has 1 aliphatic rings. The quantitative estimate of drug-likeness (QED) is 0.879. The molecule has 1 fully saturated rings. The summed E-state index contributed by atoms with van der Waals surface area (Å²) in [6.45, 7) is 3.42. The standard InChI is InChI=1S/C16H23ClN2O2/c1-12-10-13(17)5-6-15(12)18-16(21)11-19-8-3-2-4-14(19)7-9-20/h5-6,10,14,20H,2-4,7-9,11H2,1H3,(H,18,21). The number of piperidine rings is 1. The van der Waals surface area contributed by atoms with E-state index in [-0.39, 0.29) is 12.5 Å². The number of aryl methyl sites for hydroxylation is 1. The average Bonchev–Trinajstić information content (AvgIpc) is 2.44. The lowest BCUT2D eigenvalue weighted by Crippen LogP contribution is -2.44. The summed E-state index contributed by atoms with van der Waals surface area (Å²) in [5, 5.41) is 12.7. The summed E-state index contributed by atoms with van der Waals surface area (Å²) < 4.78 is 0. The Morgan fingerprint density at radius 2 is 2.29 bits per heavy atom. The van der Waals surface area contributed by atoms with Crippen LogP contribution in [0.4, 0.5) is 5.69 Å². The second kappa shape index (κ2) is 7.78. The molecule has 1 atom stereocenters. The first-order valence-electron chi connectivity index (χ1n) is 7.51. The number of benzene rings is 1. The van der Waals surface area contributed by atoms with Gasteiger partial charge < -0.3 is 10.4 Å². The Balaban J connectivity index is 1.93. The molecule has 1 unspecified atom stereocenters. The maximum Gasteiger partial charge on any atom is 0.238 e. The van der Waals surface area contributed by atoms with Crippen LogP contribution in [0, 0.1) is 6.92 Å². The second-order valence-corrected chi connectivity index (χ2v) is 6.08. The van der Waals surface area contributed by atoms with Gasteiger partial charge in [-0.05, 0) is 56.5 Å². The van der Waals surface area contributed by atoms with E-state index >= 15 is 0 Å². The van der Waals surface area contributed by atoms with Crippen LogP contribution in [-0.4, -0.2) is 41.7 Å². The number of carbonyl (C=O) groups is 1. The van der Waals surface area contributed by atoms with Gasteiger partial charge in [0.1, 0.15) is 0 Å². The summed E-state index contributed by atoms with van der Waals surface area (Å²) >= 11 is 5.92. The summed E-state index contributed by atoms with van der Waals surface area (Å²) in [7, 11) is 0. The van der Waals surface area contributed by atoms with Crippen molar-refractivity contribution in [3.8, 4) is 0 Å². The van der Waals surface area contributed by atoms with Crippen molar-refractivity contribution in [2.24, 2.45) is 0 Å². The van der Waals surface area contributed by atoms with Gasteiger partial charge in [0.2, 0.25) is 5.91 Å². The van der Waals surface area contributed by atoms with Gasteiger partial charge in [-0.25, -0.2) is 0 Å². The highest BCUT2D eigenvalue weighted by atomic mass is 35.5. The molecule has 1 amide bonds. The molecule has 1 aliphatic heterocycles. The zero-order valence-electron chi connectivity index (χ0n) is 12.4. The third-order valence-electron chi connectivity index (χ3n) is 4.02. The molecule has 0 aliphatic carbocycles. The number of nitrogens with one attached hydrogen (secondary N) is 1. The Labute approximate surface area is 131 Å². The normalized spacial score (nSPS) is 19.5.